The second kappa shape index (κ2) is 5.70. The molecule has 1 nitrogen and oxygen atoms in total. The summed E-state index contributed by atoms with van der Waals surface area (Å²) in [4.78, 5) is 0. The fraction of sp³-hybridized carbons (Fsp3) is 0.333. The van der Waals surface area contributed by atoms with Crippen molar-refractivity contribution < 1.29 is 0 Å². The molecule has 0 amide bonds. The van der Waals surface area contributed by atoms with Crippen molar-refractivity contribution in [1.82, 2.24) is 0 Å². The number of hydrogen-bond donors (Lipinski definition) is 1. The molecule has 0 heterocycles. The smallest absolute Gasteiger partial charge is 0.0406 e. The molecule has 14 heavy (non-hydrogen) atoms. The molecule has 0 saturated carbocycles. The summed E-state index contributed by atoms with van der Waals surface area (Å²) in [7, 11) is 0. The van der Waals surface area contributed by atoms with E-state index in [4.69, 9.17) is 17.3 Å². The Morgan fingerprint density at radius 3 is 2.57 bits per heavy atom. The van der Waals surface area contributed by atoms with Crippen LogP contribution in [0.4, 0.5) is 0 Å². The lowest BCUT2D eigenvalue weighted by atomic mass is 10.0. The molecule has 74 valence electrons. The van der Waals surface area contributed by atoms with E-state index in [1.807, 2.05) is 31.2 Å². The van der Waals surface area contributed by atoms with Crippen molar-refractivity contribution >= 4 is 11.6 Å². The molecule has 1 rings (SSSR count). The van der Waals surface area contributed by atoms with Crippen molar-refractivity contribution in [3.05, 3.63) is 34.9 Å². The maximum Gasteiger partial charge on any atom is 0.0406 e. The van der Waals surface area contributed by atoms with Gasteiger partial charge in [0.1, 0.15) is 0 Å². The van der Waals surface area contributed by atoms with Crippen LogP contribution in [0.15, 0.2) is 24.3 Å². The van der Waals surface area contributed by atoms with Crippen molar-refractivity contribution in [2.75, 3.05) is 0 Å². The monoisotopic (exact) mass is 207 g/mol. The molecule has 1 atom stereocenters. The highest BCUT2D eigenvalue weighted by molar-refractivity contribution is 6.30. The Morgan fingerprint density at radius 1 is 1.36 bits per heavy atom. The predicted octanol–water partition coefficient (Wildman–Crippen LogP) is 2.62. The molecule has 0 aromatic heterocycles. The number of nitrogens with two attached hydrogens (primary N) is 1. The summed E-state index contributed by atoms with van der Waals surface area (Å²) in [5.41, 5.74) is 7.10. The molecule has 2 heteroatoms. The Bertz CT molecular complexity index is 332. The van der Waals surface area contributed by atoms with Gasteiger partial charge >= 0.3 is 0 Å². The molecule has 0 spiro atoms. The largest absolute Gasteiger partial charge is 0.327 e. The van der Waals surface area contributed by atoms with Gasteiger partial charge in [-0.1, -0.05) is 23.7 Å². The molecule has 0 fully saturated rings. The van der Waals surface area contributed by atoms with Gasteiger partial charge in [0.05, 0.1) is 0 Å². The highest BCUT2D eigenvalue weighted by Crippen LogP contribution is 2.11. The van der Waals surface area contributed by atoms with Gasteiger partial charge in [0.25, 0.3) is 0 Å². The Hall–Kier alpha value is -0.970. The Kier molecular flexibility index (Phi) is 4.52. The normalized spacial score (nSPS) is 11.6. The fourth-order valence-corrected chi connectivity index (χ4v) is 1.35. The second-order valence-corrected chi connectivity index (χ2v) is 3.66. The van der Waals surface area contributed by atoms with Crippen LogP contribution in [0.5, 0.6) is 0 Å². The molecule has 0 aliphatic rings. The summed E-state index contributed by atoms with van der Waals surface area (Å²) < 4.78 is 0. The average Bonchev–Trinajstić information content (AvgIpc) is 2.18. The summed E-state index contributed by atoms with van der Waals surface area (Å²) in [5.74, 6) is 5.82. The maximum absolute atomic E-state index is 5.89. The van der Waals surface area contributed by atoms with Gasteiger partial charge < -0.3 is 5.73 Å². The van der Waals surface area contributed by atoms with Crippen LogP contribution in [0.25, 0.3) is 0 Å². The van der Waals surface area contributed by atoms with Gasteiger partial charge in [0, 0.05) is 17.5 Å². The zero-order chi connectivity index (χ0) is 10.4. The van der Waals surface area contributed by atoms with E-state index in [9.17, 15) is 0 Å². The fourth-order valence-electron chi connectivity index (χ4n) is 1.23. The summed E-state index contributed by atoms with van der Waals surface area (Å²) in [5, 5.41) is 0.760. The zero-order valence-electron chi connectivity index (χ0n) is 8.26. The van der Waals surface area contributed by atoms with Crippen molar-refractivity contribution in [2.45, 2.75) is 25.8 Å². The number of halogens is 1. The number of hydrogen-bond acceptors (Lipinski definition) is 1. The topological polar surface area (TPSA) is 26.0 Å². The van der Waals surface area contributed by atoms with Crippen LogP contribution in [0, 0.1) is 11.8 Å². The van der Waals surface area contributed by atoms with E-state index in [0.29, 0.717) is 0 Å². The van der Waals surface area contributed by atoms with E-state index < -0.39 is 0 Å². The minimum Gasteiger partial charge on any atom is -0.327 e. The van der Waals surface area contributed by atoms with Crippen LogP contribution >= 0.6 is 11.6 Å². The summed E-state index contributed by atoms with van der Waals surface area (Å²) in [6.45, 7) is 1.83. The molecule has 0 aliphatic carbocycles. The molecular weight excluding hydrogens is 194 g/mol. The second-order valence-electron chi connectivity index (χ2n) is 3.22. The highest BCUT2D eigenvalue weighted by atomic mass is 35.5. The number of rotatable bonds is 3. The Balaban J connectivity index is 2.50. The third-order valence-corrected chi connectivity index (χ3v) is 2.20. The van der Waals surface area contributed by atoms with Crippen LogP contribution in [0.1, 0.15) is 18.9 Å². The summed E-state index contributed by atoms with van der Waals surface area (Å²) >= 11 is 5.78. The molecule has 1 aromatic rings. The third kappa shape index (κ3) is 3.83. The molecule has 0 aliphatic heterocycles. The van der Waals surface area contributed by atoms with Crippen LogP contribution in [0.2, 0.25) is 5.02 Å². The molecule has 1 unspecified atom stereocenters. The van der Waals surface area contributed by atoms with Gasteiger partial charge in [-0.05, 0) is 31.0 Å². The van der Waals surface area contributed by atoms with Gasteiger partial charge in [-0.15, -0.1) is 11.8 Å². The first-order chi connectivity index (χ1) is 6.72. The lowest BCUT2D eigenvalue weighted by Gasteiger charge is -2.07. The van der Waals surface area contributed by atoms with E-state index >= 15 is 0 Å². The Morgan fingerprint density at radius 2 is 2.00 bits per heavy atom. The van der Waals surface area contributed by atoms with Crippen LogP contribution < -0.4 is 5.73 Å². The quantitative estimate of drug-likeness (QED) is 0.758. The highest BCUT2D eigenvalue weighted by Gasteiger charge is 2.01. The minimum atomic E-state index is 0.114. The maximum atomic E-state index is 5.89. The van der Waals surface area contributed by atoms with E-state index in [1.54, 1.807) is 0 Å². The standard InChI is InChI=1S/C12H14ClN/c1-2-3-4-12(14)9-10-5-7-11(13)8-6-10/h5-8,12H,4,9,14H2,1H3. The first-order valence-corrected chi connectivity index (χ1v) is 5.00. The van der Waals surface area contributed by atoms with Gasteiger partial charge in [0.15, 0.2) is 0 Å². The van der Waals surface area contributed by atoms with Crippen molar-refractivity contribution in [3.8, 4) is 11.8 Å². The van der Waals surface area contributed by atoms with E-state index in [0.717, 1.165) is 17.9 Å². The number of benzene rings is 1. The van der Waals surface area contributed by atoms with Crippen molar-refractivity contribution in [2.24, 2.45) is 5.73 Å². The van der Waals surface area contributed by atoms with E-state index in [1.165, 1.54) is 5.56 Å². The van der Waals surface area contributed by atoms with Crippen molar-refractivity contribution in [3.63, 3.8) is 0 Å². The van der Waals surface area contributed by atoms with Crippen LogP contribution in [-0.2, 0) is 6.42 Å². The van der Waals surface area contributed by atoms with Gasteiger partial charge in [-0.3, -0.25) is 0 Å². The van der Waals surface area contributed by atoms with E-state index in [-0.39, 0.29) is 6.04 Å². The van der Waals surface area contributed by atoms with E-state index in [2.05, 4.69) is 11.8 Å². The lowest BCUT2D eigenvalue weighted by molar-refractivity contribution is 0.689. The minimum absolute atomic E-state index is 0.114. The molecule has 0 radical (unpaired) electrons. The summed E-state index contributed by atoms with van der Waals surface area (Å²) in [6, 6.07) is 7.89. The van der Waals surface area contributed by atoms with Crippen LogP contribution in [-0.4, -0.2) is 6.04 Å². The zero-order valence-corrected chi connectivity index (χ0v) is 9.01. The molecule has 0 saturated heterocycles. The van der Waals surface area contributed by atoms with Crippen molar-refractivity contribution in [1.29, 1.82) is 0 Å². The molecule has 0 bridgehead atoms. The van der Waals surface area contributed by atoms with Gasteiger partial charge in [-0.2, -0.15) is 0 Å². The molecule has 1 aromatic carbocycles. The lowest BCUT2D eigenvalue weighted by Crippen LogP contribution is -2.21. The van der Waals surface area contributed by atoms with Gasteiger partial charge in [0.2, 0.25) is 0 Å². The first kappa shape index (κ1) is 11.1. The molecular formula is C12H14ClN. The predicted molar refractivity (Wildman–Crippen MR) is 61.2 cm³/mol. The SMILES string of the molecule is CC#CCC(N)Cc1ccc(Cl)cc1. The van der Waals surface area contributed by atoms with Crippen LogP contribution in [0.3, 0.4) is 0 Å². The average molecular weight is 208 g/mol. The first-order valence-electron chi connectivity index (χ1n) is 4.62. The summed E-state index contributed by atoms with van der Waals surface area (Å²) in [6.07, 6.45) is 1.60. The molecule has 2 N–H and O–H groups in total. The third-order valence-electron chi connectivity index (χ3n) is 1.95. The van der Waals surface area contributed by atoms with Gasteiger partial charge in [-0.25, -0.2) is 0 Å². The Labute approximate surface area is 90.3 Å².